The van der Waals surface area contributed by atoms with Crippen LogP contribution in [0.4, 0.5) is 5.69 Å². The summed E-state index contributed by atoms with van der Waals surface area (Å²) in [5.41, 5.74) is 12.4. The lowest BCUT2D eigenvalue weighted by atomic mass is 9.71. The summed E-state index contributed by atoms with van der Waals surface area (Å²) in [6.45, 7) is 4.99. The molecule has 0 saturated carbocycles. The molecule has 4 heteroatoms. The van der Waals surface area contributed by atoms with Gasteiger partial charge in [-0.05, 0) is 73.5 Å². The highest BCUT2D eigenvalue weighted by atomic mass is 15.2. The summed E-state index contributed by atoms with van der Waals surface area (Å²) in [7, 11) is 0. The molecule has 0 amide bonds. The number of nitrogens with one attached hydrogen (secondary N) is 1. The highest BCUT2D eigenvalue weighted by Gasteiger charge is 2.46. The second kappa shape index (κ2) is 5.82. The van der Waals surface area contributed by atoms with Crippen molar-refractivity contribution < 1.29 is 0 Å². The molecular weight excluding hydrogens is 308 g/mol. The highest BCUT2D eigenvalue weighted by molar-refractivity contribution is 5.63. The first-order valence-electron chi connectivity index (χ1n) is 9.52. The Morgan fingerprint density at radius 2 is 1.96 bits per heavy atom. The van der Waals surface area contributed by atoms with E-state index in [0.717, 1.165) is 11.4 Å². The number of nitrogens with two attached hydrogens (primary N) is 1. The Morgan fingerprint density at radius 1 is 1.12 bits per heavy atom. The molecule has 1 aliphatic carbocycles. The van der Waals surface area contributed by atoms with E-state index < -0.39 is 0 Å². The maximum Gasteiger partial charge on any atom is 0.0703 e. The number of nitrogen functional groups attached to an aromatic ring is 1. The first-order chi connectivity index (χ1) is 12.2. The van der Waals surface area contributed by atoms with Crippen LogP contribution in [0.2, 0.25) is 0 Å². The van der Waals surface area contributed by atoms with Gasteiger partial charge in [0.05, 0.1) is 17.6 Å². The minimum atomic E-state index is 0.613. The van der Waals surface area contributed by atoms with Gasteiger partial charge in [-0.25, -0.2) is 0 Å². The van der Waals surface area contributed by atoms with Gasteiger partial charge < -0.3 is 11.1 Å². The van der Waals surface area contributed by atoms with Gasteiger partial charge in [-0.1, -0.05) is 12.1 Å². The van der Waals surface area contributed by atoms with Crippen molar-refractivity contribution in [2.75, 3.05) is 31.9 Å². The fourth-order valence-electron chi connectivity index (χ4n) is 5.02. The third kappa shape index (κ3) is 2.64. The SMILES string of the molecule is Nc1ccc(-c2ccc3c(c2)CC[C@H]3N2CC3(CCNCC3)C2)nc1. The van der Waals surface area contributed by atoms with E-state index in [1.165, 1.54) is 63.0 Å². The number of hydrogen-bond donors (Lipinski definition) is 2. The maximum atomic E-state index is 5.76. The Hall–Kier alpha value is -1.91. The van der Waals surface area contributed by atoms with Crippen molar-refractivity contribution in [2.45, 2.75) is 31.7 Å². The zero-order valence-corrected chi connectivity index (χ0v) is 14.7. The molecule has 3 N–H and O–H groups in total. The summed E-state index contributed by atoms with van der Waals surface area (Å²) in [5, 5.41) is 3.50. The monoisotopic (exact) mass is 334 g/mol. The third-order valence-corrected chi connectivity index (χ3v) is 6.45. The van der Waals surface area contributed by atoms with Crippen LogP contribution in [0.5, 0.6) is 0 Å². The zero-order chi connectivity index (χ0) is 16.9. The van der Waals surface area contributed by atoms with Crippen LogP contribution in [-0.4, -0.2) is 36.1 Å². The molecule has 25 heavy (non-hydrogen) atoms. The van der Waals surface area contributed by atoms with Gasteiger partial charge in [0, 0.05) is 24.7 Å². The molecular formula is C21H26N4. The number of anilines is 1. The molecule has 5 rings (SSSR count). The molecule has 2 fully saturated rings. The van der Waals surface area contributed by atoms with Crippen LogP contribution >= 0.6 is 0 Å². The van der Waals surface area contributed by atoms with Gasteiger partial charge >= 0.3 is 0 Å². The van der Waals surface area contributed by atoms with Crippen molar-refractivity contribution in [1.29, 1.82) is 0 Å². The predicted octanol–water partition coefficient (Wildman–Crippen LogP) is 3.00. The Morgan fingerprint density at radius 3 is 2.72 bits per heavy atom. The van der Waals surface area contributed by atoms with Crippen molar-refractivity contribution in [3.8, 4) is 11.3 Å². The highest BCUT2D eigenvalue weighted by Crippen LogP contribution is 2.47. The number of nitrogens with zero attached hydrogens (tertiary/aromatic N) is 2. The molecule has 3 aliphatic rings. The Labute approximate surface area is 149 Å². The molecule has 2 aliphatic heterocycles. The molecule has 3 heterocycles. The van der Waals surface area contributed by atoms with Crippen molar-refractivity contribution in [3.05, 3.63) is 47.7 Å². The molecule has 2 aromatic rings. The van der Waals surface area contributed by atoms with E-state index in [1.54, 1.807) is 11.8 Å². The van der Waals surface area contributed by atoms with Crippen molar-refractivity contribution in [1.82, 2.24) is 15.2 Å². The lowest BCUT2D eigenvalue weighted by molar-refractivity contribution is -0.0512. The van der Waals surface area contributed by atoms with Gasteiger partial charge in [0.15, 0.2) is 0 Å². The van der Waals surface area contributed by atoms with E-state index in [1.807, 2.05) is 12.1 Å². The van der Waals surface area contributed by atoms with Crippen LogP contribution in [0.3, 0.4) is 0 Å². The minimum Gasteiger partial charge on any atom is -0.397 e. The van der Waals surface area contributed by atoms with E-state index in [-0.39, 0.29) is 0 Å². The Bertz CT molecular complexity index is 769. The van der Waals surface area contributed by atoms with E-state index in [4.69, 9.17) is 5.73 Å². The van der Waals surface area contributed by atoms with Gasteiger partial charge in [-0.3, -0.25) is 9.88 Å². The van der Waals surface area contributed by atoms with E-state index in [9.17, 15) is 0 Å². The topological polar surface area (TPSA) is 54.2 Å². The number of aryl methyl sites for hydroxylation is 1. The average molecular weight is 334 g/mol. The molecule has 0 unspecified atom stereocenters. The predicted molar refractivity (Wildman–Crippen MR) is 101 cm³/mol. The summed E-state index contributed by atoms with van der Waals surface area (Å²) in [6, 6.07) is 11.5. The Kier molecular flexibility index (Phi) is 3.57. The number of fused-ring (bicyclic) bond motifs is 1. The summed E-state index contributed by atoms with van der Waals surface area (Å²) < 4.78 is 0. The van der Waals surface area contributed by atoms with E-state index >= 15 is 0 Å². The maximum absolute atomic E-state index is 5.76. The van der Waals surface area contributed by atoms with Crippen molar-refractivity contribution in [3.63, 3.8) is 0 Å². The number of piperidine rings is 1. The van der Waals surface area contributed by atoms with Crippen LogP contribution < -0.4 is 11.1 Å². The standard InChI is InChI=1S/C21H26N4/c22-17-3-5-19(24-12-17)16-1-4-18-15(11-16)2-6-20(18)25-13-21(14-25)7-9-23-10-8-21/h1,3-5,11-12,20,23H,2,6-10,13-14,22H2/t20-/m1/s1. The van der Waals surface area contributed by atoms with Gasteiger partial charge in [-0.2, -0.15) is 0 Å². The number of likely N-dealkylation sites (tertiary alicyclic amines) is 1. The molecule has 1 spiro atoms. The molecule has 130 valence electrons. The van der Waals surface area contributed by atoms with E-state index in [2.05, 4.69) is 33.4 Å². The second-order valence-corrected chi connectivity index (χ2v) is 8.10. The average Bonchev–Trinajstić information content (AvgIpc) is 3.04. The molecule has 1 atom stereocenters. The Balaban J connectivity index is 1.34. The van der Waals surface area contributed by atoms with Crippen LogP contribution in [0.1, 0.15) is 36.4 Å². The first-order valence-corrected chi connectivity index (χ1v) is 9.52. The van der Waals surface area contributed by atoms with Crippen LogP contribution in [0.15, 0.2) is 36.5 Å². The van der Waals surface area contributed by atoms with Crippen molar-refractivity contribution in [2.24, 2.45) is 5.41 Å². The zero-order valence-electron chi connectivity index (χ0n) is 14.7. The first kappa shape index (κ1) is 15.4. The lowest BCUT2D eigenvalue weighted by Gasteiger charge is -2.55. The smallest absolute Gasteiger partial charge is 0.0703 e. The van der Waals surface area contributed by atoms with Gasteiger partial charge in [0.1, 0.15) is 0 Å². The number of pyridine rings is 1. The molecule has 2 saturated heterocycles. The summed E-state index contributed by atoms with van der Waals surface area (Å²) in [4.78, 5) is 7.19. The lowest BCUT2D eigenvalue weighted by Crippen LogP contribution is -2.60. The quantitative estimate of drug-likeness (QED) is 0.886. The molecule has 0 radical (unpaired) electrons. The molecule has 0 bridgehead atoms. The van der Waals surface area contributed by atoms with Crippen LogP contribution in [-0.2, 0) is 6.42 Å². The number of hydrogen-bond acceptors (Lipinski definition) is 4. The fourth-order valence-corrected chi connectivity index (χ4v) is 5.02. The summed E-state index contributed by atoms with van der Waals surface area (Å²) in [6.07, 6.45) is 6.90. The van der Waals surface area contributed by atoms with Crippen molar-refractivity contribution >= 4 is 5.69 Å². The minimum absolute atomic E-state index is 0.613. The molecule has 1 aromatic heterocycles. The molecule has 4 nitrogen and oxygen atoms in total. The third-order valence-electron chi connectivity index (χ3n) is 6.45. The van der Waals surface area contributed by atoms with Crippen LogP contribution in [0.25, 0.3) is 11.3 Å². The second-order valence-electron chi connectivity index (χ2n) is 8.10. The largest absolute Gasteiger partial charge is 0.397 e. The van der Waals surface area contributed by atoms with E-state index in [0.29, 0.717) is 11.5 Å². The fraction of sp³-hybridized carbons (Fsp3) is 0.476. The number of benzene rings is 1. The van der Waals surface area contributed by atoms with Gasteiger partial charge in [0.2, 0.25) is 0 Å². The van der Waals surface area contributed by atoms with Crippen LogP contribution in [0, 0.1) is 5.41 Å². The number of aromatic nitrogens is 1. The summed E-state index contributed by atoms with van der Waals surface area (Å²) in [5.74, 6) is 0. The normalized spacial score (nSPS) is 24.9. The summed E-state index contributed by atoms with van der Waals surface area (Å²) >= 11 is 0. The number of rotatable bonds is 2. The molecule has 1 aromatic carbocycles. The van der Waals surface area contributed by atoms with Gasteiger partial charge in [-0.15, -0.1) is 0 Å². The van der Waals surface area contributed by atoms with Gasteiger partial charge in [0.25, 0.3) is 0 Å².